The van der Waals surface area contributed by atoms with Gasteiger partial charge in [0.2, 0.25) is 11.8 Å². The average Bonchev–Trinajstić information content (AvgIpc) is 2.37. The lowest BCUT2D eigenvalue weighted by molar-refractivity contribution is -0.142. The molecule has 0 aromatic carbocycles. The normalized spacial score (nSPS) is 18.3. The Morgan fingerprint density at radius 1 is 1.26 bits per heavy atom. The summed E-state index contributed by atoms with van der Waals surface area (Å²) >= 11 is 0. The maximum absolute atomic E-state index is 13.5. The fourth-order valence-electron chi connectivity index (χ4n) is 1.48. The molecular weight excluding hydrogens is 268 g/mol. The highest BCUT2D eigenvalue weighted by atomic mass is 19.4. The van der Waals surface area contributed by atoms with Gasteiger partial charge in [-0.25, -0.2) is 0 Å². The minimum atomic E-state index is -4.93. The molecule has 1 atom stereocenters. The van der Waals surface area contributed by atoms with Crippen LogP contribution in [-0.2, 0) is 10.9 Å². The van der Waals surface area contributed by atoms with E-state index in [-0.39, 0.29) is 5.82 Å². The van der Waals surface area contributed by atoms with Gasteiger partial charge in [-0.3, -0.25) is 0 Å². The number of nitrogens with zero attached hydrogens (tertiary/aromatic N) is 2. The lowest BCUT2D eigenvalue weighted by atomic mass is 10.2. The van der Waals surface area contributed by atoms with Crippen LogP contribution < -0.4 is 4.74 Å². The second-order valence-corrected chi connectivity index (χ2v) is 3.52. The van der Waals surface area contributed by atoms with Crippen LogP contribution in [0.3, 0.4) is 0 Å². The van der Waals surface area contributed by atoms with Crippen LogP contribution in [0.4, 0.5) is 17.6 Å². The van der Waals surface area contributed by atoms with Crippen molar-refractivity contribution in [2.75, 3.05) is 7.11 Å². The van der Waals surface area contributed by atoms with E-state index in [9.17, 15) is 17.6 Å². The van der Waals surface area contributed by atoms with Gasteiger partial charge in [0.15, 0.2) is 17.5 Å². The zero-order chi connectivity index (χ0) is 14.0. The van der Waals surface area contributed by atoms with E-state index >= 15 is 0 Å². The van der Waals surface area contributed by atoms with Crippen molar-refractivity contribution in [3.63, 3.8) is 0 Å². The van der Waals surface area contributed by atoms with Crippen LogP contribution in [0.1, 0.15) is 17.5 Å². The molecule has 0 saturated carbocycles. The van der Waals surface area contributed by atoms with Gasteiger partial charge >= 0.3 is 6.18 Å². The van der Waals surface area contributed by atoms with Gasteiger partial charge in [-0.1, -0.05) is 6.08 Å². The van der Waals surface area contributed by atoms with Crippen LogP contribution >= 0.6 is 0 Å². The second kappa shape index (κ2) is 4.87. The number of aromatic nitrogens is 2. The summed E-state index contributed by atoms with van der Waals surface area (Å²) < 4.78 is 60.9. The third-order valence-electron chi connectivity index (χ3n) is 2.28. The molecule has 0 spiro atoms. The molecule has 8 heteroatoms. The van der Waals surface area contributed by atoms with Crippen LogP contribution in [0, 0.1) is 5.95 Å². The van der Waals surface area contributed by atoms with E-state index in [0.717, 1.165) is 7.11 Å². The van der Waals surface area contributed by atoms with Crippen LogP contribution in [0.5, 0.6) is 5.88 Å². The second-order valence-electron chi connectivity index (χ2n) is 3.52. The van der Waals surface area contributed by atoms with Gasteiger partial charge in [-0.2, -0.15) is 27.5 Å². The number of hydrogen-bond acceptors (Lipinski definition) is 4. The fraction of sp³-hybridized carbons (Fsp3) is 0.273. The van der Waals surface area contributed by atoms with Crippen molar-refractivity contribution in [3.05, 3.63) is 41.8 Å². The molecule has 0 aliphatic carbocycles. The lowest BCUT2D eigenvalue weighted by Crippen LogP contribution is -2.17. The number of allylic oxidation sites excluding steroid dienone is 2. The molecule has 1 aromatic heterocycles. The number of halogens is 4. The predicted molar refractivity (Wildman–Crippen MR) is 55.6 cm³/mol. The number of ether oxygens (including phenoxy) is 2. The van der Waals surface area contributed by atoms with Gasteiger partial charge in [-0.05, 0) is 12.2 Å². The first-order chi connectivity index (χ1) is 8.93. The highest BCUT2D eigenvalue weighted by Gasteiger charge is 2.40. The van der Waals surface area contributed by atoms with E-state index in [2.05, 4.69) is 14.7 Å². The van der Waals surface area contributed by atoms with E-state index in [1.54, 1.807) is 12.2 Å². The number of rotatable bonds is 2. The molecule has 2 heterocycles. The van der Waals surface area contributed by atoms with E-state index in [4.69, 9.17) is 4.74 Å². The number of alkyl halides is 3. The topological polar surface area (TPSA) is 44.2 Å². The van der Waals surface area contributed by atoms with Gasteiger partial charge in [0.25, 0.3) is 0 Å². The van der Waals surface area contributed by atoms with Crippen molar-refractivity contribution in [1.82, 2.24) is 9.97 Å². The Morgan fingerprint density at radius 3 is 2.53 bits per heavy atom. The molecule has 1 aromatic rings. The molecule has 102 valence electrons. The summed E-state index contributed by atoms with van der Waals surface area (Å²) in [6, 6.07) is 0. The first kappa shape index (κ1) is 13.3. The Hall–Kier alpha value is -2.12. The summed E-state index contributed by atoms with van der Waals surface area (Å²) in [6.07, 6.45) is 0.137. The molecule has 0 N–H and O–H groups in total. The molecular formula is C11H8F4N2O2. The monoisotopic (exact) mass is 276 g/mol. The number of hydrogen-bond donors (Lipinski definition) is 0. The Bertz CT molecular complexity index is 540. The third-order valence-corrected chi connectivity index (χ3v) is 2.28. The minimum Gasteiger partial charge on any atom is -0.486 e. The minimum absolute atomic E-state index is 0.247. The largest absolute Gasteiger partial charge is 0.486 e. The molecule has 0 bridgehead atoms. The third kappa shape index (κ3) is 2.67. The highest BCUT2D eigenvalue weighted by Crippen LogP contribution is 2.37. The van der Waals surface area contributed by atoms with E-state index in [0.29, 0.717) is 0 Å². The van der Waals surface area contributed by atoms with Gasteiger partial charge < -0.3 is 9.47 Å². The molecule has 4 nitrogen and oxygen atoms in total. The van der Waals surface area contributed by atoms with Crippen LogP contribution in [0.15, 0.2) is 24.5 Å². The molecule has 0 radical (unpaired) electrons. The zero-order valence-electron chi connectivity index (χ0n) is 9.61. The first-order valence-corrected chi connectivity index (χ1v) is 5.11. The maximum Gasteiger partial charge on any atom is 0.426 e. The summed E-state index contributed by atoms with van der Waals surface area (Å²) in [4.78, 5) is 6.72. The zero-order valence-corrected chi connectivity index (χ0v) is 9.61. The summed E-state index contributed by atoms with van der Waals surface area (Å²) in [6.45, 7) is 0. The molecule has 0 saturated heterocycles. The SMILES string of the molecule is COc1nc(C2C=CC=CO2)nc(F)c1C(F)(F)F. The van der Waals surface area contributed by atoms with Crippen molar-refractivity contribution < 1.29 is 27.0 Å². The summed E-state index contributed by atoms with van der Waals surface area (Å²) in [7, 11) is 0.970. The Labute approximate surface area is 105 Å². The Kier molecular flexibility index (Phi) is 3.41. The Balaban J connectivity index is 2.47. The van der Waals surface area contributed by atoms with Crippen molar-refractivity contribution in [1.29, 1.82) is 0 Å². The van der Waals surface area contributed by atoms with Crippen molar-refractivity contribution in [2.45, 2.75) is 12.3 Å². The summed E-state index contributed by atoms with van der Waals surface area (Å²) in [5.41, 5.74) is -1.63. The van der Waals surface area contributed by atoms with Crippen LogP contribution in [-0.4, -0.2) is 17.1 Å². The molecule has 19 heavy (non-hydrogen) atoms. The lowest BCUT2D eigenvalue weighted by Gasteiger charge is -2.16. The van der Waals surface area contributed by atoms with Gasteiger partial charge in [0, 0.05) is 0 Å². The standard InChI is InChI=1S/C11H8F4N2O2/c1-18-10-7(11(13,14)15)8(12)16-9(17-10)6-4-2-3-5-19-6/h2-6H,1H3. The summed E-state index contributed by atoms with van der Waals surface area (Å²) in [5, 5.41) is 0. The van der Waals surface area contributed by atoms with Crippen LogP contribution in [0.25, 0.3) is 0 Å². The smallest absolute Gasteiger partial charge is 0.426 e. The van der Waals surface area contributed by atoms with Gasteiger partial charge in [0.1, 0.15) is 0 Å². The first-order valence-electron chi connectivity index (χ1n) is 5.11. The van der Waals surface area contributed by atoms with Crippen molar-refractivity contribution in [3.8, 4) is 5.88 Å². The maximum atomic E-state index is 13.5. The van der Waals surface area contributed by atoms with E-state index in [1.807, 2.05) is 0 Å². The van der Waals surface area contributed by atoms with E-state index in [1.165, 1.54) is 12.3 Å². The summed E-state index contributed by atoms with van der Waals surface area (Å²) in [5.74, 6) is -2.81. The predicted octanol–water partition coefficient (Wildman–Crippen LogP) is 2.78. The molecule has 0 fully saturated rings. The van der Waals surface area contributed by atoms with Gasteiger partial charge in [0.05, 0.1) is 13.4 Å². The van der Waals surface area contributed by atoms with Crippen molar-refractivity contribution >= 4 is 0 Å². The molecule has 0 amide bonds. The highest BCUT2D eigenvalue weighted by molar-refractivity contribution is 5.29. The van der Waals surface area contributed by atoms with E-state index < -0.39 is 29.7 Å². The van der Waals surface area contributed by atoms with Crippen LogP contribution in [0.2, 0.25) is 0 Å². The fourth-order valence-corrected chi connectivity index (χ4v) is 1.48. The molecule has 1 unspecified atom stereocenters. The Morgan fingerprint density at radius 2 is 2.00 bits per heavy atom. The molecule has 1 aliphatic heterocycles. The van der Waals surface area contributed by atoms with Gasteiger partial charge in [-0.15, -0.1) is 0 Å². The average molecular weight is 276 g/mol. The molecule has 1 aliphatic rings. The quantitative estimate of drug-likeness (QED) is 0.615. The van der Waals surface area contributed by atoms with Crippen molar-refractivity contribution in [2.24, 2.45) is 0 Å². The molecule has 2 rings (SSSR count). The number of methoxy groups -OCH3 is 1.